The van der Waals surface area contributed by atoms with Crippen molar-refractivity contribution in [3.05, 3.63) is 57.6 Å². The lowest BCUT2D eigenvalue weighted by Crippen LogP contribution is -2.37. The van der Waals surface area contributed by atoms with E-state index in [1.54, 1.807) is 41.3 Å². The second-order valence-electron chi connectivity index (χ2n) is 8.26. The first-order chi connectivity index (χ1) is 16.4. The van der Waals surface area contributed by atoms with Crippen molar-refractivity contribution < 1.29 is 19.1 Å². The molecular formula is C24H26Cl2N4O4. The first-order valence-corrected chi connectivity index (χ1v) is 11.8. The number of carbonyl (C=O) groups is 3. The summed E-state index contributed by atoms with van der Waals surface area (Å²) in [6.07, 6.45) is 0.850. The van der Waals surface area contributed by atoms with Gasteiger partial charge in [-0.3, -0.25) is 14.4 Å². The van der Waals surface area contributed by atoms with E-state index in [1.807, 2.05) is 0 Å². The van der Waals surface area contributed by atoms with Crippen molar-refractivity contribution in [2.45, 2.75) is 18.9 Å². The smallest absolute Gasteiger partial charge is 0.253 e. The predicted molar refractivity (Wildman–Crippen MR) is 132 cm³/mol. The second-order valence-corrected chi connectivity index (χ2v) is 9.10. The van der Waals surface area contributed by atoms with Crippen molar-refractivity contribution >= 4 is 52.3 Å². The van der Waals surface area contributed by atoms with Gasteiger partial charge in [0.25, 0.3) is 11.8 Å². The Labute approximate surface area is 208 Å². The first-order valence-electron chi connectivity index (χ1n) is 11.1. The number of nitrogens with one attached hydrogen (secondary N) is 2. The van der Waals surface area contributed by atoms with Crippen LogP contribution in [0.1, 0.15) is 34.8 Å². The van der Waals surface area contributed by atoms with Gasteiger partial charge in [-0.1, -0.05) is 29.3 Å². The van der Waals surface area contributed by atoms with Crippen molar-refractivity contribution in [3.63, 3.8) is 0 Å². The van der Waals surface area contributed by atoms with Crippen LogP contribution >= 0.6 is 23.2 Å². The molecule has 2 aliphatic heterocycles. The Kier molecular flexibility index (Phi) is 7.73. The van der Waals surface area contributed by atoms with Gasteiger partial charge in [0.1, 0.15) is 6.61 Å². The molecule has 0 spiro atoms. The maximum absolute atomic E-state index is 13.2. The van der Waals surface area contributed by atoms with Crippen molar-refractivity contribution in [1.29, 1.82) is 0 Å². The molecule has 34 heavy (non-hydrogen) atoms. The van der Waals surface area contributed by atoms with Crippen LogP contribution in [0.25, 0.3) is 0 Å². The van der Waals surface area contributed by atoms with Crippen molar-refractivity contribution in [1.82, 2.24) is 10.2 Å². The van der Waals surface area contributed by atoms with Gasteiger partial charge in [-0.05, 0) is 48.9 Å². The van der Waals surface area contributed by atoms with Crippen LogP contribution in [0.4, 0.5) is 11.4 Å². The number of nitrogens with zero attached hydrogens (tertiary/aromatic N) is 2. The van der Waals surface area contributed by atoms with Crippen LogP contribution in [0.3, 0.4) is 0 Å². The van der Waals surface area contributed by atoms with Crippen LogP contribution in [0.2, 0.25) is 10.0 Å². The molecule has 2 N–H and O–H groups in total. The normalized spacial score (nSPS) is 18.6. The van der Waals surface area contributed by atoms with Gasteiger partial charge in [0, 0.05) is 42.4 Å². The summed E-state index contributed by atoms with van der Waals surface area (Å²) in [7, 11) is 1.43. The minimum atomic E-state index is -0.674. The number of ether oxygens (including phenoxy) is 1. The molecule has 2 aliphatic rings. The van der Waals surface area contributed by atoms with Crippen molar-refractivity contribution in [2.75, 3.05) is 50.1 Å². The molecule has 0 aliphatic carbocycles. The Morgan fingerprint density at radius 2 is 1.94 bits per heavy atom. The van der Waals surface area contributed by atoms with E-state index in [2.05, 4.69) is 10.6 Å². The molecule has 2 aromatic carbocycles. The molecule has 4 rings (SSSR count). The van der Waals surface area contributed by atoms with Gasteiger partial charge >= 0.3 is 0 Å². The molecule has 1 unspecified atom stereocenters. The third kappa shape index (κ3) is 5.20. The zero-order valence-corrected chi connectivity index (χ0v) is 20.3. The predicted octanol–water partition coefficient (Wildman–Crippen LogP) is 3.49. The number of rotatable bonds is 4. The van der Waals surface area contributed by atoms with Crippen molar-refractivity contribution in [2.24, 2.45) is 0 Å². The lowest BCUT2D eigenvalue weighted by Gasteiger charge is -2.31. The minimum Gasteiger partial charge on any atom is -0.375 e. The van der Waals surface area contributed by atoms with Gasteiger partial charge in [-0.15, -0.1) is 0 Å². The number of fused-ring (bicyclic) bond motifs is 1. The van der Waals surface area contributed by atoms with E-state index in [1.165, 1.54) is 12.0 Å². The molecule has 180 valence electrons. The van der Waals surface area contributed by atoms with Gasteiger partial charge in [0.2, 0.25) is 5.91 Å². The highest BCUT2D eigenvalue weighted by atomic mass is 35.5. The zero-order valence-electron chi connectivity index (χ0n) is 18.8. The zero-order chi connectivity index (χ0) is 24.2. The number of hydrogen-bond donors (Lipinski definition) is 2. The number of hydrogen-bond acceptors (Lipinski definition) is 5. The largest absolute Gasteiger partial charge is 0.375 e. The Balaban J connectivity index is 1.76. The highest BCUT2D eigenvalue weighted by molar-refractivity contribution is 6.35. The first kappa shape index (κ1) is 24.5. The standard InChI is InChI=1S/C24H26Cl2N4O4/c1-34-14-23(32)30-20-6-3-15(24(33)29-9-2-7-27-8-10-29)11-19(20)28-22(31)13-21(30)17-5-4-16(25)12-18(17)26/h3-6,11-12,21,27H,2,7-10,13-14H2,1H3,(H,28,31). The molecule has 0 saturated carbocycles. The molecule has 10 heteroatoms. The van der Waals surface area contributed by atoms with Crippen LogP contribution in [0, 0.1) is 0 Å². The summed E-state index contributed by atoms with van der Waals surface area (Å²) in [4.78, 5) is 42.6. The fourth-order valence-electron chi connectivity index (χ4n) is 4.37. The van der Waals surface area contributed by atoms with Crippen molar-refractivity contribution in [3.8, 4) is 0 Å². The summed E-state index contributed by atoms with van der Waals surface area (Å²) >= 11 is 12.5. The van der Waals surface area contributed by atoms with Crippen LogP contribution < -0.4 is 15.5 Å². The molecule has 1 saturated heterocycles. The van der Waals surface area contributed by atoms with Crippen LogP contribution in [-0.2, 0) is 14.3 Å². The average Bonchev–Trinajstić information content (AvgIpc) is 3.15. The van der Waals surface area contributed by atoms with Gasteiger partial charge in [0.05, 0.1) is 23.8 Å². The second kappa shape index (κ2) is 10.7. The molecular weight excluding hydrogens is 479 g/mol. The summed E-state index contributed by atoms with van der Waals surface area (Å²) in [5.41, 5.74) is 1.90. The fraction of sp³-hybridized carbons (Fsp3) is 0.375. The molecule has 0 aromatic heterocycles. The number of halogens is 2. The number of carbonyl (C=O) groups excluding carboxylic acids is 3. The molecule has 3 amide bonds. The third-order valence-corrected chi connectivity index (χ3v) is 6.52. The SMILES string of the molecule is COCC(=O)N1c2ccc(C(=O)N3CCCNCC3)cc2NC(=O)CC1c1ccc(Cl)cc1Cl. The Morgan fingerprint density at radius 1 is 1.12 bits per heavy atom. The maximum Gasteiger partial charge on any atom is 0.253 e. The quantitative estimate of drug-likeness (QED) is 0.664. The lowest BCUT2D eigenvalue weighted by atomic mass is 10.0. The lowest BCUT2D eigenvalue weighted by molar-refractivity contribution is -0.122. The highest BCUT2D eigenvalue weighted by Crippen LogP contribution is 2.41. The number of benzene rings is 2. The minimum absolute atomic E-state index is 0.0213. The summed E-state index contributed by atoms with van der Waals surface area (Å²) in [6.45, 7) is 2.69. The summed E-state index contributed by atoms with van der Waals surface area (Å²) in [6, 6.07) is 9.30. The summed E-state index contributed by atoms with van der Waals surface area (Å²) < 4.78 is 5.11. The molecule has 1 atom stereocenters. The average molecular weight is 505 g/mol. The highest BCUT2D eigenvalue weighted by Gasteiger charge is 2.35. The van der Waals surface area contributed by atoms with Crippen LogP contribution in [0.15, 0.2) is 36.4 Å². The van der Waals surface area contributed by atoms with E-state index >= 15 is 0 Å². The molecule has 2 aromatic rings. The van der Waals surface area contributed by atoms with Crippen LogP contribution in [-0.4, -0.2) is 62.5 Å². The van der Waals surface area contributed by atoms with Crippen LogP contribution in [0.5, 0.6) is 0 Å². The van der Waals surface area contributed by atoms with E-state index in [-0.39, 0.29) is 30.7 Å². The molecule has 0 bridgehead atoms. The monoisotopic (exact) mass is 504 g/mol. The summed E-state index contributed by atoms with van der Waals surface area (Å²) in [5.74, 6) is -0.750. The van der Waals surface area contributed by atoms with E-state index < -0.39 is 6.04 Å². The Morgan fingerprint density at radius 3 is 2.71 bits per heavy atom. The number of methoxy groups -OCH3 is 1. The topological polar surface area (TPSA) is 91.0 Å². The molecule has 2 heterocycles. The number of amides is 3. The maximum atomic E-state index is 13.2. The Hall–Kier alpha value is -2.65. The fourth-order valence-corrected chi connectivity index (χ4v) is 4.90. The molecule has 0 radical (unpaired) electrons. The molecule has 1 fully saturated rings. The van der Waals surface area contributed by atoms with Gasteiger partial charge in [-0.2, -0.15) is 0 Å². The van der Waals surface area contributed by atoms with Gasteiger partial charge in [-0.25, -0.2) is 0 Å². The third-order valence-electron chi connectivity index (χ3n) is 5.95. The molecule has 8 nitrogen and oxygen atoms in total. The van der Waals surface area contributed by atoms with E-state index in [4.69, 9.17) is 27.9 Å². The van der Waals surface area contributed by atoms with Gasteiger partial charge < -0.3 is 25.2 Å². The Bertz CT molecular complexity index is 1100. The van der Waals surface area contributed by atoms with Gasteiger partial charge in [0.15, 0.2) is 0 Å². The van der Waals surface area contributed by atoms with E-state index in [9.17, 15) is 14.4 Å². The number of anilines is 2. The van der Waals surface area contributed by atoms with E-state index in [0.717, 1.165) is 19.5 Å². The van der Waals surface area contributed by atoms with E-state index in [0.29, 0.717) is 45.6 Å². The summed E-state index contributed by atoms with van der Waals surface area (Å²) in [5, 5.41) is 6.95.